The van der Waals surface area contributed by atoms with Crippen molar-refractivity contribution in [2.75, 3.05) is 0 Å². The quantitative estimate of drug-likeness (QED) is 0.822. The van der Waals surface area contributed by atoms with Crippen molar-refractivity contribution in [2.45, 2.75) is 19.3 Å². The monoisotopic (exact) mass is 239 g/mol. The number of benzene rings is 1. The molecule has 0 aliphatic heterocycles. The van der Waals surface area contributed by atoms with Gasteiger partial charge in [-0.05, 0) is 35.7 Å². The van der Waals surface area contributed by atoms with Crippen molar-refractivity contribution in [3.63, 3.8) is 0 Å². The predicted molar refractivity (Wildman–Crippen MR) is 58.5 cm³/mol. The summed E-state index contributed by atoms with van der Waals surface area (Å²) >= 11 is 5.77. The zero-order chi connectivity index (χ0) is 11.4. The molecule has 1 aromatic heterocycles. The van der Waals surface area contributed by atoms with E-state index >= 15 is 0 Å². The van der Waals surface area contributed by atoms with E-state index in [0.29, 0.717) is 12.3 Å². The van der Waals surface area contributed by atoms with Gasteiger partial charge in [-0.1, -0.05) is 23.7 Å². The summed E-state index contributed by atoms with van der Waals surface area (Å²) < 4.78 is 8.98. The van der Waals surface area contributed by atoms with Gasteiger partial charge in [0.25, 0.3) is 0 Å². The van der Waals surface area contributed by atoms with Gasteiger partial charge in [-0.3, -0.25) is 4.52 Å². The van der Waals surface area contributed by atoms with Crippen LogP contribution >= 0.6 is 11.6 Å². The first kappa shape index (κ1) is 11.0. The maximum atomic E-state index is 10.6. The Labute approximate surface area is 96.8 Å². The fourth-order valence-electron chi connectivity index (χ4n) is 1.41. The van der Waals surface area contributed by atoms with Gasteiger partial charge in [-0.2, -0.15) is 0 Å². The Bertz CT molecular complexity index is 500. The minimum absolute atomic E-state index is 0.346. The van der Waals surface area contributed by atoms with Gasteiger partial charge in [0.2, 0.25) is 5.89 Å². The van der Waals surface area contributed by atoms with Crippen LogP contribution in [0.5, 0.6) is 0 Å². The smallest absolute Gasteiger partial charge is 0.375 e. The molecule has 0 aliphatic carbocycles. The second kappa shape index (κ2) is 4.99. The number of aryl methyl sites for hydroxylation is 2. The molecule has 0 fully saturated rings. The Hall–Kier alpha value is -1.55. The van der Waals surface area contributed by atoms with Crippen molar-refractivity contribution in [3.05, 3.63) is 51.4 Å². The third kappa shape index (κ3) is 2.97. The molecule has 2 rings (SSSR count). The average Bonchev–Trinajstić information content (AvgIpc) is 2.67. The zero-order valence-corrected chi connectivity index (χ0v) is 9.24. The van der Waals surface area contributed by atoms with Gasteiger partial charge in [-0.15, -0.1) is 0 Å². The first-order valence-corrected chi connectivity index (χ1v) is 5.32. The molecule has 1 heterocycles. The van der Waals surface area contributed by atoms with E-state index in [0.717, 1.165) is 17.9 Å². The molecule has 5 heteroatoms. The van der Waals surface area contributed by atoms with Gasteiger partial charge in [0.1, 0.15) is 0 Å². The van der Waals surface area contributed by atoms with Crippen molar-refractivity contribution in [1.82, 2.24) is 5.16 Å². The van der Waals surface area contributed by atoms with Crippen LogP contribution in [0, 0.1) is 0 Å². The lowest BCUT2D eigenvalue weighted by Crippen LogP contribution is -1.91. The standard InChI is InChI=1S/C11H10ClNO3/c12-9-6-4-8(5-7-9)2-1-3-10-13-16-11(14)15-10/h4-7H,1-3H2. The first-order valence-electron chi connectivity index (χ1n) is 4.94. The lowest BCUT2D eigenvalue weighted by atomic mass is 10.1. The minimum Gasteiger partial charge on any atom is -0.375 e. The van der Waals surface area contributed by atoms with Crippen molar-refractivity contribution < 1.29 is 8.94 Å². The Morgan fingerprint density at radius 1 is 1.19 bits per heavy atom. The largest absolute Gasteiger partial charge is 0.542 e. The number of nitrogens with zero attached hydrogens (tertiary/aromatic N) is 1. The van der Waals surface area contributed by atoms with Crippen molar-refractivity contribution in [1.29, 1.82) is 0 Å². The molecule has 4 nitrogen and oxygen atoms in total. The summed E-state index contributed by atoms with van der Waals surface area (Å²) in [6.45, 7) is 0. The fraction of sp³-hybridized carbons (Fsp3) is 0.273. The number of rotatable bonds is 4. The number of halogens is 1. The topological polar surface area (TPSA) is 56.2 Å². The van der Waals surface area contributed by atoms with E-state index in [1.54, 1.807) is 0 Å². The van der Waals surface area contributed by atoms with E-state index in [-0.39, 0.29) is 0 Å². The highest BCUT2D eigenvalue weighted by Gasteiger charge is 2.03. The maximum Gasteiger partial charge on any atom is 0.542 e. The summed E-state index contributed by atoms with van der Waals surface area (Å²) in [5, 5.41) is 4.21. The van der Waals surface area contributed by atoms with Crippen LogP contribution in [-0.4, -0.2) is 5.16 Å². The Balaban J connectivity index is 1.84. The van der Waals surface area contributed by atoms with Gasteiger partial charge in [-0.25, -0.2) is 4.79 Å². The van der Waals surface area contributed by atoms with Crippen molar-refractivity contribution in [2.24, 2.45) is 0 Å². The summed E-state index contributed by atoms with van der Waals surface area (Å²) in [5.41, 5.74) is 1.19. The van der Waals surface area contributed by atoms with Crippen molar-refractivity contribution >= 4 is 11.6 Å². The molecule has 0 amide bonds. The molecule has 2 aromatic rings. The number of hydrogen-bond acceptors (Lipinski definition) is 4. The van der Waals surface area contributed by atoms with Crippen LogP contribution in [0.4, 0.5) is 0 Å². The van der Waals surface area contributed by atoms with Gasteiger partial charge in [0.05, 0.1) is 0 Å². The molecule has 0 saturated carbocycles. The van der Waals surface area contributed by atoms with E-state index in [1.807, 2.05) is 24.3 Å². The molecule has 0 radical (unpaired) electrons. The zero-order valence-electron chi connectivity index (χ0n) is 8.48. The van der Waals surface area contributed by atoms with Gasteiger partial charge in [0, 0.05) is 11.4 Å². The van der Waals surface area contributed by atoms with E-state index in [1.165, 1.54) is 5.56 Å². The van der Waals surface area contributed by atoms with Gasteiger partial charge in [0.15, 0.2) is 0 Å². The predicted octanol–water partition coefficient (Wildman–Crippen LogP) is 2.46. The Morgan fingerprint density at radius 2 is 1.94 bits per heavy atom. The van der Waals surface area contributed by atoms with E-state index < -0.39 is 5.82 Å². The van der Waals surface area contributed by atoms with Crippen LogP contribution in [0.1, 0.15) is 17.9 Å². The second-order valence-electron chi connectivity index (χ2n) is 3.41. The van der Waals surface area contributed by atoms with Crippen LogP contribution in [0.3, 0.4) is 0 Å². The Morgan fingerprint density at radius 3 is 2.56 bits per heavy atom. The third-order valence-corrected chi connectivity index (χ3v) is 2.44. The molecule has 0 N–H and O–H groups in total. The van der Waals surface area contributed by atoms with Crippen LogP contribution in [-0.2, 0) is 12.8 Å². The van der Waals surface area contributed by atoms with Crippen LogP contribution in [0.25, 0.3) is 0 Å². The molecule has 0 spiro atoms. The summed E-state index contributed by atoms with van der Waals surface area (Å²) in [7, 11) is 0. The minimum atomic E-state index is -0.749. The summed E-state index contributed by atoms with van der Waals surface area (Å²) in [6, 6.07) is 7.66. The highest BCUT2D eigenvalue weighted by molar-refractivity contribution is 6.30. The van der Waals surface area contributed by atoms with Crippen molar-refractivity contribution in [3.8, 4) is 0 Å². The highest BCUT2D eigenvalue weighted by Crippen LogP contribution is 2.11. The fourth-order valence-corrected chi connectivity index (χ4v) is 1.54. The van der Waals surface area contributed by atoms with Gasteiger partial charge < -0.3 is 4.42 Å². The molecule has 84 valence electrons. The van der Waals surface area contributed by atoms with E-state index in [2.05, 4.69) is 14.1 Å². The molecule has 16 heavy (non-hydrogen) atoms. The lowest BCUT2D eigenvalue weighted by Gasteiger charge is -1.99. The number of aromatic nitrogens is 1. The molecule has 0 bridgehead atoms. The SMILES string of the molecule is O=c1onc(CCCc2ccc(Cl)cc2)o1. The molecule has 0 aliphatic rings. The van der Waals surface area contributed by atoms with Gasteiger partial charge >= 0.3 is 5.82 Å². The summed E-state index contributed by atoms with van der Waals surface area (Å²) in [5.74, 6) is -0.402. The third-order valence-electron chi connectivity index (χ3n) is 2.19. The highest BCUT2D eigenvalue weighted by atomic mass is 35.5. The molecule has 0 atom stereocenters. The van der Waals surface area contributed by atoms with Crippen LogP contribution in [0.15, 0.2) is 38.0 Å². The Kier molecular flexibility index (Phi) is 3.41. The average molecular weight is 240 g/mol. The summed E-state index contributed by atoms with van der Waals surface area (Å²) in [6.07, 6.45) is 2.32. The second-order valence-corrected chi connectivity index (χ2v) is 3.84. The van der Waals surface area contributed by atoms with Crippen LogP contribution < -0.4 is 5.82 Å². The maximum absolute atomic E-state index is 10.6. The lowest BCUT2D eigenvalue weighted by molar-refractivity contribution is 0.334. The molecular formula is C11H10ClNO3. The van der Waals surface area contributed by atoms with Crippen LogP contribution in [0.2, 0.25) is 5.02 Å². The normalized spacial score (nSPS) is 10.6. The molecular weight excluding hydrogens is 230 g/mol. The van der Waals surface area contributed by atoms with E-state index in [9.17, 15) is 4.79 Å². The van der Waals surface area contributed by atoms with E-state index in [4.69, 9.17) is 11.6 Å². The first-order chi connectivity index (χ1) is 7.74. The molecule has 1 aromatic carbocycles. The molecule has 0 saturated heterocycles. The number of hydrogen-bond donors (Lipinski definition) is 0. The summed E-state index contributed by atoms with van der Waals surface area (Å²) in [4.78, 5) is 10.6. The molecule has 0 unspecified atom stereocenters.